The summed E-state index contributed by atoms with van der Waals surface area (Å²) in [5.41, 5.74) is 3.70. The van der Waals surface area contributed by atoms with Crippen LogP contribution in [0.4, 0.5) is 11.4 Å². The van der Waals surface area contributed by atoms with Crippen LogP contribution < -0.4 is 4.90 Å². The van der Waals surface area contributed by atoms with Gasteiger partial charge in [-0.1, -0.05) is 120 Å². The van der Waals surface area contributed by atoms with Gasteiger partial charge in [0.1, 0.15) is 0 Å². The van der Waals surface area contributed by atoms with E-state index in [0.717, 1.165) is 27.8 Å². The smallest absolute Gasteiger partial charge is 0.0498 e. The molecule has 1 atom stereocenters. The van der Waals surface area contributed by atoms with Crippen LogP contribution in [0.3, 0.4) is 0 Å². The number of fused-ring (bicyclic) bond motifs is 3. The lowest BCUT2D eigenvalue weighted by Crippen LogP contribution is -2.40. The van der Waals surface area contributed by atoms with Crippen LogP contribution in [0.5, 0.6) is 0 Å². The van der Waals surface area contributed by atoms with Gasteiger partial charge in [-0.05, 0) is 83.1 Å². The molecule has 1 nitrogen and oxygen atoms in total. The van der Waals surface area contributed by atoms with Crippen LogP contribution >= 0.6 is 0 Å². The van der Waals surface area contributed by atoms with Gasteiger partial charge in [0.2, 0.25) is 0 Å². The third-order valence-corrected chi connectivity index (χ3v) is 7.61. The minimum absolute atomic E-state index is 0.138. The lowest BCUT2D eigenvalue weighted by Gasteiger charge is -2.44. The predicted octanol–water partition coefficient (Wildman–Crippen LogP) is 10.8. The van der Waals surface area contributed by atoms with E-state index >= 15 is 0 Å². The van der Waals surface area contributed by atoms with Crippen molar-refractivity contribution in [3.8, 4) is 22.3 Å². The Bertz CT molecular complexity index is 1860. The molecule has 0 saturated heterocycles. The highest BCUT2D eigenvalue weighted by atomic mass is 15.2. The van der Waals surface area contributed by atoms with Crippen LogP contribution in [-0.2, 0) is 5.41 Å². The van der Waals surface area contributed by atoms with Gasteiger partial charge in [0.05, 0.1) is 0 Å². The number of benzene rings is 4. The summed E-state index contributed by atoms with van der Waals surface area (Å²) in [5.74, 6) is -5.21. The van der Waals surface area contributed by atoms with Crippen molar-refractivity contribution >= 4 is 11.4 Å². The fourth-order valence-electron chi connectivity index (χ4n) is 5.94. The molecule has 1 unspecified atom stereocenters. The Balaban J connectivity index is 2.04. The van der Waals surface area contributed by atoms with Gasteiger partial charge in [-0.15, -0.1) is 0 Å². The molecule has 1 aliphatic carbocycles. The average molecular weight is 513 g/mol. The summed E-state index contributed by atoms with van der Waals surface area (Å²) in [7, 11) is 0. The quantitative estimate of drug-likeness (QED) is 0.257. The van der Waals surface area contributed by atoms with E-state index in [4.69, 9.17) is 12.3 Å². The molecular formula is C37H43N. The highest BCUT2D eigenvalue weighted by molar-refractivity contribution is 5.90. The monoisotopic (exact) mass is 512 g/mol. The summed E-state index contributed by atoms with van der Waals surface area (Å²) in [6, 6.07) is 25.5. The largest absolute Gasteiger partial charge is 0.335 e. The van der Waals surface area contributed by atoms with E-state index in [2.05, 4.69) is 0 Å². The zero-order valence-corrected chi connectivity index (χ0v) is 23.0. The van der Waals surface area contributed by atoms with E-state index in [0.29, 0.717) is 11.3 Å². The Morgan fingerprint density at radius 1 is 0.737 bits per heavy atom. The number of hydrogen-bond donors (Lipinski definition) is 0. The molecule has 4 aromatic rings. The number of rotatable bonds is 5. The van der Waals surface area contributed by atoms with E-state index in [1.54, 1.807) is 23.1 Å². The molecule has 1 aliphatic rings. The summed E-state index contributed by atoms with van der Waals surface area (Å²) in [6.45, 7) is 1.68. The van der Waals surface area contributed by atoms with E-state index in [1.165, 1.54) is 13.0 Å². The van der Waals surface area contributed by atoms with Crippen molar-refractivity contribution in [3.05, 3.63) is 107 Å². The van der Waals surface area contributed by atoms with Gasteiger partial charge in [-0.25, -0.2) is 0 Å². The lowest BCUT2D eigenvalue weighted by molar-refractivity contribution is 0.547. The Morgan fingerprint density at radius 3 is 2.08 bits per heavy atom. The van der Waals surface area contributed by atoms with Gasteiger partial charge >= 0.3 is 0 Å². The van der Waals surface area contributed by atoms with E-state index in [-0.39, 0.29) is 16.8 Å². The summed E-state index contributed by atoms with van der Waals surface area (Å²) in [6.07, 6.45) is 0. The van der Waals surface area contributed by atoms with Crippen LogP contribution in [0.25, 0.3) is 22.3 Å². The molecule has 38 heavy (non-hydrogen) atoms. The van der Waals surface area contributed by atoms with Crippen LogP contribution in [0.1, 0.15) is 111 Å². The van der Waals surface area contributed by atoms with Crippen molar-refractivity contribution in [1.29, 1.82) is 0 Å². The first kappa shape index (κ1) is 15.9. The van der Waals surface area contributed by atoms with Gasteiger partial charge in [0.15, 0.2) is 0 Å². The van der Waals surface area contributed by atoms with Crippen molar-refractivity contribution in [2.75, 3.05) is 4.90 Å². The Morgan fingerprint density at radius 2 is 1.39 bits per heavy atom. The van der Waals surface area contributed by atoms with Crippen molar-refractivity contribution in [2.24, 2.45) is 0 Å². The molecule has 0 aromatic heterocycles. The maximum Gasteiger partial charge on any atom is 0.0498 e. The molecular weight excluding hydrogens is 458 g/mol. The minimum Gasteiger partial charge on any atom is -0.335 e. The van der Waals surface area contributed by atoms with E-state index in [9.17, 15) is 2.74 Å². The first-order valence-corrected chi connectivity index (χ1v) is 13.1. The second-order valence-electron chi connectivity index (χ2n) is 11.7. The van der Waals surface area contributed by atoms with Crippen molar-refractivity contribution in [1.82, 2.24) is 0 Å². The molecule has 0 heterocycles. The number of nitrogens with zero attached hydrogens (tertiary/aromatic N) is 1. The predicted molar refractivity (Wildman–Crippen MR) is 166 cm³/mol. The summed E-state index contributed by atoms with van der Waals surface area (Å²) in [4.78, 5) is 1.79. The second kappa shape index (κ2) is 9.45. The molecule has 196 valence electrons. The molecule has 0 bridgehead atoms. The topological polar surface area (TPSA) is 3.24 Å². The standard InChI is InChI=1S/C37H43N/c1-24(2)28-20-19-27(26-15-11-10-12-16-26)23-33(28)38(36(5,6)7)35-29(25(3)4)21-22-31-30-17-13-14-18-32(30)37(8,9)34(31)35/h10-25H,1-9H3/i1D3,2D3,3D3,24D,25D. The molecule has 5 rings (SSSR count). The van der Waals surface area contributed by atoms with Crippen molar-refractivity contribution in [2.45, 2.75) is 84.8 Å². The highest BCUT2D eigenvalue weighted by Gasteiger charge is 2.42. The Hall–Kier alpha value is -3.32. The van der Waals surface area contributed by atoms with Crippen LogP contribution in [-0.4, -0.2) is 5.54 Å². The summed E-state index contributed by atoms with van der Waals surface area (Å²) >= 11 is 0. The normalized spacial score (nSPS) is 21.2. The summed E-state index contributed by atoms with van der Waals surface area (Å²) < 4.78 is 95.0. The molecule has 0 N–H and O–H groups in total. The zero-order chi connectivity index (χ0) is 36.8. The molecule has 0 saturated carbocycles. The fraction of sp³-hybridized carbons (Fsp3) is 0.351. The molecule has 1 heteroatoms. The molecule has 0 radical (unpaired) electrons. The average Bonchev–Trinajstić information content (AvgIpc) is 3.21. The number of hydrogen-bond acceptors (Lipinski definition) is 1. The van der Waals surface area contributed by atoms with Gasteiger partial charge in [-0.3, -0.25) is 0 Å². The molecule has 0 amide bonds. The second-order valence-corrected chi connectivity index (χ2v) is 11.7. The maximum absolute atomic E-state index is 9.42. The maximum atomic E-state index is 9.42. The van der Waals surface area contributed by atoms with Gasteiger partial charge in [-0.2, -0.15) is 0 Å². The van der Waals surface area contributed by atoms with Crippen LogP contribution in [0.15, 0.2) is 84.9 Å². The SMILES string of the molecule is [2H]C([2H])([2H])C([2H])(C)c1ccc2c(c1N(c1cc(-c3ccccc3)ccc1C([2H])(C([2H])([2H])[2H])C([2H])([2H])[2H])C(C)(C)C)C(C)(C)c1ccccc1-2. The molecule has 0 fully saturated rings. The van der Waals surface area contributed by atoms with E-state index < -0.39 is 43.3 Å². The van der Waals surface area contributed by atoms with Crippen molar-refractivity contribution in [3.63, 3.8) is 0 Å². The van der Waals surface area contributed by atoms with Crippen LogP contribution in [0.2, 0.25) is 0 Å². The molecule has 0 aliphatic heterocycles. The molecule has 4 aromatic carbocycles. The minimum atomic E-state index is -3.29. The van der Waals surface area contributed by atoms with Gasteiger partial charge < -0.3 is 4.90 Å². The molecule has 0 spiro atoms. The summed E-state index contributed by atoms with van der Waals surface area (Å²) in [5, 5.41) is 0. The number of anilines is 2. The lowest BCUT2D eigenvalue weighted by atomic mass is 9.78. The highest BCUT2D eigenvalue weighted by Crippen LogP contribution is 2.56. The third kappa shape index (κ3) is 4.27. The Labute approximate surface area is 246 Å². The van der Waals surface area contributed by atoms with Crippen molar-refractivity contribution < 1.29 is 15.1 Å². The third-order valence-electron chi connectivity index (χ3n) is 7.61. The van der Waals surface area contributed by atoms with Gasteiger partial charge in [0, 0.05) is 37.4 Å². The fourth-order valence-corrected chi connectivity index (χ4v) is 5.94. The van der Waals surface area contributed by atoms with Gasteiger partial charge in [0.25, 0.3) is 0 Å². The zero-order valence-electron chi connectivity index (χ0n) is 34.0. The Kier molecular flexibility index (Phi) is 3.97. The first-order valence-electron chi connectivity index (χ1n) is 18.6. The first-order chi connectivity index (χ1) is 22.3. The van der Waals surface area contributed by atoms with Crippen LogP contribution in [0, 0.1) is 0 Å². The van der Waals surface area contributed by atoms with E-state index in [1.807, 2.05) is 95.3 Å².